The first kappa shape index (κ1) is 12.0. The standard InChI is InChI=1S/C12H15FN2O2/c13-9-2-1-3-10(6-9)15-12(16)7-11-8-14-4-5-17-11/h1-3,6,11,14H,4-5,7-8H2,(H,15,16). The van der Waals surface area contributed by atoms with Crippen LogP contribution in [0.15, 0.2) is 24.3 Å². The van der Waals surface area contributed by atoms with E-state index in [1.807, 2.05) is 0 Å². The number of amides is 1. The third kappa shape index (κ3) is 3.80. The van der Waals surface area contributed by atoms with Crippen LogP contribution >= 0.6 is 0 Å². The van der Waals surface area contributed by atoms with Gasteiger partial charge >= 0.3 is 0 Å². The molecule has 1 aromatic carbocycles. The highest BCUT2D eigenvalue weighted by Gasteiger charge is 2.17. The molecule has 0 spiro atoms. The lowest BCUT2D eigenvalue weighted by Crippen LogP contribution is -2.40. The number of hydrogen-bond acceptors (Lipinski definition) is 3. The van der Waals surface area contributed by atoms with Gasteiger partial charge in [-0.1, -0.05) is 6.07 Å². The number of anilines is 1. The predicted octanol–water partition coefficient (Wildman–Crippen LogP) is 1.14. The maximum atomic E-state index is 12.9. The van der Waals surface area contributed by atoms with Crippen molar-refractivity contribution in [2.45, 2.75) is 12.5 Å². The topological polar surface area (TPSA) is 50.4 Å². The van der Waals surface area contributed by atoms with Gasteiger partial charge in [-0.15, -0.1) is 0 Å². The Balaban J connectivity index is 1.84. The van der Waals surface area contributed by atoms with Crippen molar-refractivity contribution < 1.29 is 13.9 Å². The van der Waals surface area contributed by atoms with Crippen molar-refractivity contribution >= 4 is 11.6 Å². The number of morpholine rings is 1. The summed E-state index contributed by atoms with van der Waals surface area (Å²) in [5, 5.41) is 5.79. The molecule has 1 aliphatic heterocycles. The Morgan fingerprint density at radius 3 is 3.18 bits per heavy atom. The number of carbonyl (C=O) groups excluding carboxylic acids is 1. The monoisotopic (exact) mass is 238 g/mol. The fourth-order valence-corrected chi connectivity index (χ4v) is 1.74. The van der Waals surface area contributed by atoms with Crippen molar-refractivity contribution in [3.05, 3.63) is 30.1 Å². The minimum Gasteiger partial charge on any atom is -0.375 e. The van der Waals surface area contributed by atoms with Crippen LogP contribution in [0.2, 0.25) is 0 Å². The molecule has 1 aliphatic rings. The van der Waals surface area contributed by atoms with Crippen LogP contribution in [0.25, 0.3) is 0 Å². The van der Waals surface area contributed by atoms with Gasteiger partial charge in [0.1, 0.15) is 5.82 Å². The molecule has 5 heteroatoms. The van der Waals surface area contributed by atoms with E-state index in [9.17, 15) is 9.18 Å². The number of hydrogen-bond donors (Lipinski definition) is 2. The van der Waals surface area contributed by atoms with Crippen LogP contribution in [0.4, 0.5) is 10.1 Å². The van der Waals surface area contributed by atoms with Crippen molar-refractivity contribution in [2.24, 2.45) is 0 Å². The molecule has 1 aromatic rings. The minimum atomic E-state index is -0.363. The molecule has 0 aromatic heterocycles. The Hall–Kier alpha value is -1.46. The highest BCUT2D eigenvalue weighted by Crippen LogP contribution is 2.10. The lowest BCUT2D eigenvalue weighted by atomic mass is 10.2. The van der Waals surface area contributed by atoms with Gasteiger partial charge in [0.05, 0.1) is 19.1 Å². The van der Waals surface area contributed by atoms with E-state index in [0.717, 1.165) is 6.54 Å². The summed E-state index contributed by atoms with van der Waals surface area (Å²) in [6.07, 6.45) is 0.182. The van der Waals surface area contributed by atoms with Gasteiger partial charge in [0.25, 0.3) is 0 Å². The van der Waals surface area contributed by atoms with E-state index < -0.39 is 0 Å². The van der Waals surface area contributed by atoms with Crippen molar-refractivity contribution in [3.8, 4) is 0 Å². The molecule has 1 amide bonds. The summed E-state index contributed by atoms with van der Waals surface area (Å²) < 4.78 is 18.3. The van der Waals surface area contributed by atoms with E-state index in [1.54, 1.807) is 12.1 Å². The smallest absolute Gasteiger partial charge is 0.227 e. The molecule has 1 atom stereocenters. The van der Waals surface area contributed by atoms with Crippen molar-refractivity contribution in [2.75, 3.05) is 25.0 Å². The number of halogens is 1. The summed E-state index contributed by atoms with van der Waals surface area (Å²) >= 11 is 0. The quantitative estimate of drug-likeness (QED) is 0.830. The largest absolute Gasteiger partial charge is 0.375 e. The molecule has 0 radical (unpaired) electrons. The molecule has 1 unspecified atom stereocenters. The van der Waals surface area contributed by atoms with Gasteiger partial charge in [0.15, 0.2) is 0 Å². The first-order valence-electron chi connectivity index (χ1n) is 5.62. The van der Waals surface area contributed by atoms with Gasteiger partial charge in [-0.25, -0.2) is 4.39 Å². The van der Waals surface area contributed by atoms with Gasteiger partial charge in [0.2, 0.25) is 5.91 Å². The molecule has 0 aliphatic carbocycles. The van der Waals surface area contributed by atoms with Crippen LogP contribution in [0.5, 0.6) is 0 Å². The zero-order chi connectivity index (χ0) is 12.1. The summed E-state index contributed by atoms with van der Waals surface area (Å²) in [7, 11) is 0. The van der Waals surface area contributed by atoms with Gasteiger partial charge in [-0.2, -0.15) is 0 Å². The maximum Gasteiger partial charge on any atom is 0.227 e. The first-order valence-corrected chi connectivity index (χ1v) is 5.62. The summed E-state index contributed by atoms with van der Waals surface area (Å²) in [4.78, 5) is 11.7. The Morgan fingerprint density at radius 2 is 2.47 bits per heavy atom. The molecule has 17 heavy (non-hydrogen) atoms. The average Bonchev–Trinajstić information content (AvgIpc) is 2.30. The zero-order valence-electron chi connectivity index (χ0n) is 9.41. The first-order chi connectivity index (χ1) is 8.24. The number of nitrogens with one attached hydrogen (secondary N) is 2. The number of carbonyl (C=O) groups is 1. The van der Waals surface area contributed by atoms with E-state index in [1.165, 1.54) is 12.1 Å². The lowest BCUT2D eigenvalue weighted by molar-refractivity contribution is -0.119. The van der Waals surface area contributed by atoms with Crippen molar-refractivity contribution in [1.29, 1.82) is 0 Å². The third-order valence-corrected chi connectivity index (χ3v) is 2.53. The van der Waals surface area contributed by atoms with E-state index in [2.05, 4.69) is 10.6 Å². The second-order valence-electron chi connectivity index (χ2n) is 3.96. The van der Waals surface area contributed by atoms with Crippen LogP contribution in [0.1, 0.15) is 6.42 Å². The van der Waals surface area contributed by atoms with E-state index in [-0.39, 0.29) is 24.2 Å². The average molecular weight is 238 g/mol. The Morgan fingerprint density at radius 1 is 1.59 bits per heavy atom. The summed E-state index contributed by atoms with van der Waals surface area (Å²) in [6, 6.07) is 5.84. The molecule has 2 rings (SSSR count). The van der Waals surface area contributed by atoms with Crippen LogP contribution in [-0.2, 0) is 9.53 Å². The molecule has 0 bridgehead atoms. The maximum absolute atomic E-state index is 12.9. The molecule has 92 valence electrons. The van der Waals surface area contributed by atoms with Gasteiger partial charge in [-0.3, -0.25) is 4.79 Å². The molecule has 1 saturated heterocycles. The minimum absolute atomic E-state index is 0.0997. The summed E-state index contributed by atoms with van der Waals surface area (Å²) in [5.41, 5.74) is 0.471. The molecule has 4 nitrogen and oxygen atoms in total. The van der Waals surface area contributed by atoms with Crippen molar-refractivity contribution in [1.82, 2.24) is 5.32 Å². The molecule has 1 heterocycles. The highest BCUT2D eigenvalue weighted by molar-refractivity contribution is 5.91. The highest BCUT2D eigenvalue weighted by atomic mass is 19.1. The van der Waals surface area contributed by atoms with Crippen LogP contribution in [0, 0.1) is 5.82 Å². The third-order valence-electron chi connectivity index (χ3n) is 2.53. The molecular weight excluding hydrogens is 223 g/mol. The Kier molecular flexibility index (Phi) is 4.06. The van der Waals surface area contributed by atoms with Gasteiger partial charge in [-0.05, 0) is 18.2 Å². The predicted molar refractivity (Wildman–Crippen MR) is 62.3 cm³/mol. The van der Waals surface area contributed by atoms with Gasteiger partial charge in [0, 0.05) is 18.8 Å². The fraction of sp³-hybridized carbons (Fsp3) is 0.417. The van der Waals surface area contributed by atoms with Crippen molar-refractivity contribution in [3.63, 3.8) is 0 Å². The normalized spacial score (nSPS) is 19.9. The van der Waals surface area contributed by atoms with E-state index in [0.29, 0.717) is 18.8 Å². The SMILES string of the molecule is O=C(CC1CNCCO1)Nc1cccc(F)c1. The van der Waals surface area contributed by atoms with E-state index >= 15 is 0 Å². The summed E-state index contributed by atoms with van der Waals surface area (Å²) in [6.45, 7) is 2.12. The lowest BCUT2D eigenvalue weighted by Gasteiger charge is -2.23. The molecule has 0 saturated carbocycles. The van der Waals surface area contributed by atoms with Gasteiger partial charge < -0.3 is 15.4 Å². The molecule has 1 fully saturated rings. The number of benzene rings is 1. The second kappa shape index (κ2) is 5.75. The Labute approximate surface area is 99.2 Å². The molecular formula is C12H15FN2O2. The second-order valence-corrected chi connectivity index (χ2v) is 3.96. The van der Waals surface area contributed by atoms with Crippen LogP contribution in [-0.4, -0.2) is 31.7 Å². The zero-order valence-corrected chi connectivity index (χ0v) is 9.41. The van der Waals surface area contributed by atoms with Crippen LogP contribution < -0.4 is 10.6 Å². The Bertz CT molecular complexity index is 392. The van der Waals surface area contributed by atoms with Crippen LogP contribution in [0.3, 0.4) is 0 Å². The number of rotatable bonds is 3. The summed E-state index contributed by atoms with van der Waals surface area (Å²) in [5.74, 6) is -0.525. The molecule has 2 N–H and O–H groups in total. The fourth-order valence-electron chi connectivity index (χ4n) is 1.74. The van der Waals surface area contributed by atoms with E-state index in [4.69, 9.17) is 4.74 Å². The number of ether oxygens (including phenoxy) is 1.